The Balaban J connectivity index is 2.27. The molecular formula is C17H15ClN2O. The van der Waals surface area contributed by atoms with Gasteiger partial charge in [-0.05, 0) is 42.7 Å². The van der Waals surface area contributed by atoms with E-state index in [9.17, 15) is 0 Å². The first-order valence-corrected chi connectivity index (χ1v) is 7.03. The largest absolute Gasteiger partial charge is 0.380 e. The predicted octanol–water partition coefficient (Wildman–Crippen LogP) is 4.86. The minimum Gasteiger partial charge on any atom is -0.380 e. The monoisotopic (exact) mass is 298 g/mol. The predicted molar refractivity (Wildman–Crippen MR) is 86.3 cm³/mol. The molecular weight excluding hydrogens is 284 g/mol. The zero-order valence-corrected chi connectivity index (χ0v) is 12.6. The van der Waals surface area contributed by atoms with Crippen LogP contribution in [0.5, 0.6) is 0 Å². The standard InChI is InChI=1S/C17H15ClN2O/c1-10-5-3-4-6-13(10)15-16(21-20-17(15)19)14-9-12(18)8-7-11(14)2/h3-9H,1-2H3,(H2,19,20). The van der Waals surface area contributed by atoms with Gasteiger partial charge in [0.2, 0.25) is 0 Å². The van der Waals surface area contributed by atoms with Crippen molar-refractivity contribution in [1.82, 2.24) is 5.16 Å². The summed E-state index contributed by atoms with van der Waals surface area (Å²) in [5, 5.41) is 4.59. The van der Waals surface area contributed by atoms with Crippen LogP contribution in [0.15, 0.2) is 47.0 Å². The van der Waals surface area contributed by atoms with E-state index in [2.05, 4.69) is 5.16 Å². The van der Waals surface area contributed by atoms with E-state index in [1.54, 1.807) is 0 Å². The van der Waals surface area contributed by atoms with Crippen LogP contribution in [0, 0.1) is 13.8 Å². The third kappa shape index (κ3) is 2.41. The van der Waals surface area contributed by atoms with Gasteiger partial charge in [-0.1, -0.05) is 47.1 Å². The van der Waals surface area contributed by atoms with E-state index in [0.29, 0.717) is 16.6 Å². The van der Waals surface area contributed by atoms with Gasteiger partial charge in [-0.3, -0.25) is 0 Å². The van der Waals surface area contributed by atoms with Crippen LogP contribution in [0.1, 0.15) is 11.1 Å². The number of anilines is 1. The van der Waals surface area contributed by atoms with Gasteiger partial charge in [-0.25, -0.2) is 0 Å². The normalized spacial score (nSPS) is 10.8. The molecule has 106 valence electrons. The molecule has 0 spiro atoms. The van der Waals surface area contributed by atoms with Gasteiger partial charge in [-0.2, -0.15) is 0 Å². The number of aryl methyl sites for hydroxylation is 2. The van der Waals surface area contributed by atoms with E-state index in [4.69, 9.17) is 21.9 Å². The Morgan fingerprint density at radius 3 is 2.48 bits per heavy atom. The first-order valence-electron chi connectivity index (χ1n) is 6.65. The highest BCUT2D eigenvalue weighted by Crippen LogP contribution is 2.39. The second-order valence-electron chi connectivity index (χ2n) is 5.05. The summed E-state index contributed by atoms with van der Waals surface area (Å²) in [6, 6.07) is 13.7. The number of halogens is 1. The molecule has 0 radical (unpaired) electrons. The van der Waals surface area contributed by atoms with E-state index in [-0.39, 0.29) is 0 Å². The van der Waals surface area contributed by atoms with Crippen LogP contribution in [0.3, 0.4) is 0 Å². The van der Waals surface area contributed by atoms with E-state index >= 15 is 0 Å². The zero-order chi connectivity index (χ0) is 15.0. The van der Waals surface area contributed by atoms with E-state index < -0.39 is 0 Å². The summed E-state index contributed by atoms with van der Waals surface area (Å²) in [6.07, 6.45) is 0. The van der Waals surface area contributed by atoms with Gasteiger partial charge >= 0.3 is 0 Å². The summed E-state index contributed by atoms with van der Waals surface area (Å²) >= 11 is 6.11. The second kappa shape index (κ2) is 5.26. The molecule has 3 nitrogen and oxygen atoms in total. The minimum absolute atomic E-state index is 0.388. The van der Waals surface area contributed by atoms with Gasteiger partial charge in [0, 0.05) is 10.6 Å². The lowest BCUT2D eigenvalue weighted by atomic mass is 9.96. The third-order valence-corrected chi connectivity index (χ3v) is 3.81. The summed E-state index contributed by atoms with van der Waals surface area (Å²) in [7, 11) is 0. The van der Waals surface area contributed by atoms with Crippen molar-refractivity contribution in [3.63, 3.8) is 0 Å². The summed E-state index contributed by atoms with van der Waals surface area (Å²) < 4.78 is 5.49. The number of nitrogens with zero attached hydrogens (tertiary/aromatic N) is 1. The topological polar surface area (TPSA) is 52.0 Å². The number of nitrogen functional groups attached to an aromatic ring is 1. The van der Waals surface area contributed by atoms with Crippen molar-refractivity contribution in [2.24, 2.45) is 0 Å². The van der Waals surface area contributed by atoms with Crippen LogP contribution in [-0.4, -0.2) is 5.16 Å². The maximum absolute atomic E-state index is 6.11. The van der Waals surface area contributed by atoms with Crippen LogP contribution < -0.4 is 5.73 Å². The Bertz CT molecular complexity index is 808. The molecule has 0 saturated heterocycles. The van der Waals surface area contributed by atoms with Gasteiger partial charge in [0.15, 0.2) is 11.6 Å². The molecule has 1 heterocycles. The summed E-state index contributed by atoms with van der Waals surface area (Å²) in [4.78, 5) is 0. The van der Waals surface area contributed by atoms with E-state index in [0.717, 1.165) is 27.8 Å². The average Bonchev–Trinajstić information content (AvgIpc) is 2.84. The third-order valence-electron chi connectivity index (χ3n) is 3.58. The number of aromatic nitrogens is 1. The fraction of sp³-hybridized carbons (Fsp3) is 0.118. The summed E-state index contributed by atoms with van der Waals surface area (Å²) in [5.74, 6) is 1.04. The molecule has 4 heteroatoms. The Hall–Kier alpha value is -2.26. The number of benzene rings is 2. The Morgan fingerprint density at radius 2 is 1.71 bits per heavy atom. The molecule has 3 aromatic rings. The SMILES string of the molecule is Cc1ccc(Cl)cc1-c1onc(N)c1-c1ccccc1C. The summed E-state index contributed by atoms with van der Waals surface area (Å²) in [6.45, 7) is 4.04. The highest BCUT2D eigenvalue weighted by molar-refractivity contribution is 6.30. The number of nitrogens with two attached hydrogens (primary N) is 1. The second-order valence-corrected chi connectivity index (χ2v) is 5.48. The molecule has 0 unspecified atom stereocenters. The number of hydrogen-bond acceptors (Lipinski definition) is 3. The first-order chi connectivity index (χ1) is 10.1. The maximum Gasteiger partial charge on any atom is 0.177 e. The number of hydrogen-bond donors (Lipinski definition) is 1. The van der Waals surface area contributed by atoms with E-state index in [1.807, 2.05) is 56.3 Å². The van der Waals surface area contributed by atoms with Crippen LogP contribution in [-0.2, 0) is 0 Å². The maximum atomic E-state index is 6.11. The minimum atomic E-state index is 0.388. The van der Waals surface area contributed by atoms with Crippen LogP contribution in [0.25, 0.3) is 22.5 Å². The van der Waals surface area contributed by atoms with Gasteiger partial charge in [0.25, 0.3) is 0 Å². The molecule has 0 atom stereocenters. The van der Waals surface area contributed by atoms with Crippen LogP contribution in [0.2, 0.25) is 5.02 Å². The van der Waals surface area contributed by atoms with Crippen molar-refractivity contribution in [1.29, 1.82) is 0 Å². The lowest BCUT2D eigenvalue weighted by molar-refractivity contribution is 0.436. The molecule has 0 bridgehead atoms. The quantitative estimate of drug-likeness (QED) is 0.735. The highest BCUT2D eigenvalue weighted by Gasteiger charge is 2.20. The molecule has 2 aromatic carbocycles. The lowest BCUT2D eigenvalue weighted by Gasteiger charge is -2.08. The molecule has 0 aliphatic heterocycles. The highest BCUT2D eigenvalue weighted by atomic mass is 35.5. The fourth-order valence-electron chi connectivity index (χ4n) is 2.44. The first kappa shape index (κ1) is 13.7. The Kier molecular flexibility index (Phi) is 3.43. The molecule has 2 N–H and O–H groups in total. The van der Waals surface area contributed by atoms with E-state index in [1.165, 1.54) is 0 Å². The summed E-state index contributed by atoms with van der Waals surface area (Å²) in [5.41, 5.74) is 11.0. The van der Waals surface area contributed by atoms with Crippen molar-refractivity contribution < 1.29 is 4.52 Å². The van der Waals surface area contributed by atoms with Crippen LogP contribution in [0.4, 0.5) is 5.82 Å². The van der Waals surface area contributed by atoms with Crippen molar-refractivity contribution in [3.8, 4) is 22.5 Å². The van der Waals surface area contributed by atoms with Gasteiger partial charge < -0.3 is 10.3 Å². The number of rotatable bonds is 2. The molecule has 1 aromatic heterocycles. The van der Waals surface area contributed by atoms with Gasteiger partial charge in [0.05, 0.1) is 5.56 Å². The lowest BCUT2D eigenvalue weighted by Crippen LogP contribution is -1.91. The molecule has 0 aliphatic carbocycles. The Morgan fingerprint density at radius 1 is 1.00 bits per heavy atom. The smallest absolute Gasteiger partial charge is 0.177 e. The molecule has 0 fully saturated rings. The zero-order valence-electron chi connectivity index (χ0n) is 11.9. The van der Waals surface area contributed by atoms with Crippen molar-refractivity contribution in [2.75, 3.05) is 5.73 Å². The average molecular weight is 299 g/mol. The molecule has 0 amide bonds. The fourth-order valence-corrected chi connectivity index (χ4v) is 2.61. The van der Waals surface area contributed by atoms with Gasteiger partial charge in [0.1, 0.15) is 0 Å². The van der Waals surface area contributed by atoms with Crippen molar-refractivity contribution in [3.05, 3.63) is 58.6 Å². The molecule has 21 heavy (non-hydrogen) atoms. The Labute approximate surface area is 128 Å². The van der Waals surface area contributed by atoms with Gasteiger partial charge in [-0.15, -0.1) is 0 Å². The van der Waals surface area contributed by atoms with Crippen molar-refractivity contribution >= 4 is 17.4 Å². The molecule has 3 rings (SSSR count). The van der Waals surface area contributed by atoms with Crippen molar-refractivity contribution in [2.45, 2.75) is 13.8 Å². The molecule has 0 aliphatic rings. The molecule has 0 saturated carbocycles. The van der Waals surface area contributed by atoms with Crippen LogP contribution >= 0.6 is 11.6 Å².